The quantitative estimate of drug-likeness (QED) is 0.617. The van der Waals surface area contributed by atoms with Crippen LogP contribution in [0.1, 0.15) is 28.9 Å². The van der Waals surface area contributed by atoms with Crippen LogP contribution in [-0.2, 0) is 9.53 Å². The first-order valence-corrected chi connectivity index (χ1v) is 9.19. The Bertz CT molecular complexity index is 1030. The topological polar surface area (TPSA) is 73.9 Å². The van der Waals surface area contributed by atoms with Gasteiger partial charge in [-0.3, -0.25) is 4.79 Å². The molecule has 6 nitrogen and oxygen atoms in total. The fraction of sp³-hybridized carbons (Fsp3) is 0.217. The van der Waals surface area contributed by atoms with E-state index >= 15 is 0 Å². The maximum absolute atomic E-state index is 12.5. The molecule has 150 valence electrons. The van der Waals surface area contributed by atoms with Crippen molar-refractivity contribution >= 4 is 22.6 Å². The second-order valence-corrected chi connectivity index (χ2v) is 6.50. The van der Waals surface area contributed by atoms with Crippen LogP contribution in [0.25, 0.3) is 10.8 Å². The zero-order valence-electron chi connectivity index (χ0n) is 16.6. The van der Waals surface area contributed by atoms with E-state index in [1.807, 2.05) is 37.3 Å². The van der Waals surface area contributed by atoms with E-state index in [1.54, 1.807) is 44.6 Å². The summed E-state index contributed by atoms with van der Waals surface area (Å²) in [7, 11) is 3.13. The summed E-state index contributed by atoms with van der Waals surface area (Å²) in [4.78, 5) is 24.8. The maximum Gasteiger partial charge on any atom is 0.339 e. The van der Waals surface area contributed by atoms with Crippen molar-refractivity contribution in [2.24, 2.45) is 0 Å². The van der Waals surface area contributed by atoms with E-state index in [1.165, 1.54) is 0 Å². The van der Waals surface area contributed by atoms with Gasteiger partial charge in [0.15, 0.2) is 6.61 Å². The number of hydrogen-bond donors (Lipinski definition) is 1. The van der Waals surface area contributed by atoms with Crippen LogP contribution in [0.4, 0.5) is 0 Å². The van der Waals surface area contributed by atoms with Crippen LogP contribution in [0.15, 0.2) is 60.7 Å². The molecule has 0 aliphatic rings. The number of amides is 1. The fourth-order valence-corrected chi connectivity index (χ4v) is 3.15. The van der Waals surface area contributed by atoms with Crippen LogP contribution in [0, 0.1) is 0 Å². The number of nitrogens with one attached hydrogen (secondary N) is 1. The molecule has 0 radical (unpaired) electrons. The van der Waals surface area contributed by atoms with Crippen molar-refractivity contribution in [2.75, 3.05) is 20.8 Å². The van der Waals surface area contributed by atoms with Gasteiger partial charge in [-0.05, 0) is 42.0 Å². The van der Waals surface area contributed by atoms with E-state index in [2.05, 4.69) is 5.32 Å². The second kappa shape index (κ2) is 9.10. The third kappa shape index (κ3) is 4.66. The van der Waals surface area contributed by atoms with Gasteiger partial charge in [0.2, 0.25) is 0 Å². The lowest BCUT2D eigenvalue weighted by molar-refractivity contribution is -0.124. The minimum Gasteiger partial charge on any atom is -0.497 e. The van der Waals surface area contributed by atoms with E-state index in [4.69, 9.17) is 14.2 Å². The molecule has 0 heterocycles. The summed E-state index contributed by atoms with van der Waals surface area (Å²) < 4.78 is 15.8. The van der Waals surface area contributed by atoms with Crippen molar-refractivity contribution < 1.29 is 23.8 Å². The van der Waals surface area contributed by atoms with Gasteiger partial charge in [0.25, 0.3) is 5.91 Å². The molecule has 0 aliphatic carbocycles. The lowest BCUT2D eigenvalue weighted by atomic mass is 10.1. The monoisotopic (exact) mass is 393 g/mol. The molecule has 0 saturated heterocycles. The lowest BCUT2D eigenvalue weighted by Gasteiger charge is -2.18. The highest BCUT2D eigenvalue weighted by atomic mass is 16.5. The summed E-state index contributed by atoms with van der Waals surface area (Å²) >= 11 is 0. The molecular formula is C23H23NO5. The molecule has 29 heavy (non-hydrogen) atoms. The van der Waals surface area contributed by atoms with Gasteiger partial charge in [-0.25, -0.2) is 4.79 Å². The van der Waals surface area contributed by atoms with Crippen molar-refractivity contribution in [1.29, 1.82) is 0 Å². The van der Waals surface area contributed by atoms with Gasteiger partial charge in [-0.15, -0.1) is 0 Å². The van der Waals surface area contributed by atoms with Crippen molar-refractivity contribution in [3.05, 3.63) is 71.8 Å². The predicted octanol–water partition coefficient (Wildman–Crippen LogP) is 3.89. The number of hydrogen-bond acceptors (Lipinski definition) is 5. The van der Waals surface area contributed by atoms with E-state index in [-0.39, 0.29) is 12.6 Å². The Morgan fingerprint density at radius 2 is 1.72 bits per heavy atom. The zero-order chi connectivity index (χ0) is 20.8. The maximum atomic E-state index is 12.5. The molecule has 1 unspecified atom stereocenters. The molecule has 0 bridgehead atoms. The van der Waals surface area contributed by atoms with Crippen molar-refractivity contribution in [2.45, 2.75) is 13.0 Å². The van der Waals surface area contributed by atoms with Gasteiger partial charge in [-0.1, -0.05) is 36.4 Å². The standard InChI is InChI=1S/C23H23NO5/c1-15(20-13-17(27-2)11-12-21(20)28-3)24-22(25)14-29-23(26)19-10-6-8-16-7-4-5-9-18(16)19/h4-13,15H,14H2,1-3H3,(H,24,25). The number of carbonyl (C=O) groups excluding carboxylic acids is 2. The molecule has 0 fully saturated rings. The normalized spacial score (nSPS) is 11.6. The number of esters is 1. The Morgan fingerprint density at radius 1 is 0.966 bits per heavy atom. The number of benzene rings is 3. The number of ether oxygens (including phenoxy) is 3. The van der Waals surface area contributed by atoms with Crippen LogP contribution in [-0.4, -0.2) is 32.7 Å². The average Bonchev–Trinajstić information content (AvgIpc) is 2.76. The van der Waals surface area contributed by atoms with Gasteiger partial charge in [0.05, 0.1) is 25.8 Å². The molecule has 3 aromatic carbocycles. The molecule has 1 N–H and O–H groups in total. The van der Waals surface area contributed by atoms with Crippen LogP contribution in [0.2, 0.25) is 0 Å². The number of carbonyl (C=O) groups is 2. The Kier molecular flexibility index (Phi) is 6.34. The summed E-state index contributed by atoms with van der Waals surface area (Å²) in [6.45, 7) is 1.44. The van der Waals surface area contributed by atoms with E-state index < -0.39 is 11.9 Å². The summed E-state index contributed by atoms with van der Waals surface area (Å²) in [6.07, 6.45) is 0. The molecular weight excluding hydrogens is 370 g/mol. The summed E-state index contributed by atoms with van der Waals surface area (Å²) in [5.74, 6) is 0.343. The van der Waals surface area contributed by atoms with Crippen molar-refractivity contribution in [1.82, 2.24) is 5.32 Å². The van der Waals surface area contributed by atoms with Gasteiger partial charge in [0, 0.05) is 5.56 Å². The highest BCUT2D eigenvalue weighted by Gasteiger charge is 2.17. The highest BCUT2D eigenvalue weighted by Crippen LogP contribution is 2.29. The minimum atomic E-state index is -0.538. The lowest BCUT2D eigenvalue weighted by Crippen LogP contribution is -2.31. The van der Waals surface area contributed by atoms with Crippen LogP contribution in [0.5, 0.6) is 11.5 Å². The second-order valence-electron chi connectivity index (χ2n) is 6.50. The highest BCUT2D eigenvalue weighted by molar-refractivity contribution is 6.04. The molecule has 3 rings (SSSR count). The van der Waals surface area contributed by atoms with Gasteiger partial charge < -0.3 is 19.5 Å². The summed E-state index contributed by atoms with van der Waals surface area (Å²) in [5.41, 5.74) is 1.19. The Hall–Kier alpha value is -3.54. The zero-order valence-corrected chi connectivity index (χ0v) is 16.6. The van der Waals surface area contributed by atoms with Gasteiger partial charge >= 0.3 is 5.97 Å². The fourth-order valence-electron chi connectivity index (χ4n) is 3.15. The number of fused-ring (bicyclic) bond motifs is 1. The molecule has 3 aromatic rings. The Labute approximate surface area is 169 Å². The first-order chi connectivity index (χ1) is 14.0. The van der Waals surface area contributed by atoms with Crippen LogP contribution < -0.4 is 14.8 Å². The predicted molar refractivity (Wildman–Crippen MR) is 110 cm³/mol. The van der Waals surface area contributed by atoms with Gasteiger partial charge in [-0.2, -0.15) is 0 Å². The van der Waals surface area contributed by atoms with Crippen LogP contribution in [0.3, 0.4) is 0 Å². The molecule has 0 spiro atoms. The summed E-state index contributed by atoms with van der Waals surface area (Å²) in [5, 5.41) is 4.54. The van der Waals surface area contributed by atoms with Gasteiger partial charge in [0.1, 0.15) is 11.5 Å². The van der Waals surface area contributed by atoms with Crippen molar-refractivity contribution in [3.8, 4) is 11.5 Å². The molecule has 0 saturated carbocycles. The third-order valence-electron chi connectivity index (χ3n) is 4.62. The molecule has 0 aliphatic heterocycles. The Balaban J connectivity index is 1.64. The molecule has 1 atom stereocenters. The number of rotatable bonds is 7. The van der Waals surface area contributed by atoms with E-state index in [9.17, 15) is 9.59 Å². The van der Waals surface area contributed by atoms with Crippen LogP contribution >= 0.6 is 0 Å². The summed E-state index contributed by atoms with van der Waals surface area (Å²) in [6, 6.07) is 17.9. The van der Waals surface area contributed by atoms with E-state index in [0.29, 0.717) is 17.1 Å². The Morgan fingerprint density at radius 3 is 2.48 bits per heavy atom. The molecule has 0 aromatic heterocycles. The minimum absolute atomic E-state index is 0.358. The average molecular weight is 393 g/mol. The number of methoxy groups -OCH3 is 2. The van der Waals surface area contributed by atoms with Crippen molar-refractivity contribution in [3.63, 3.8) is 0 Å². The molecule has 6 heteroatoms. The smallest absolute Gasteiger partial charge is 0.339 e. The SMILES string of the molecule is COc1ccc(OC)c(C(C)NC(=O)COC(=O)c2cccc3ccccc23)c1. The third-order valence-corrected chi connectivity index (χ3v) is 4.62. The first-order valence-electron chi connectivity index (χ1n) is 9.19. The molecule has 1 amide bonds. The van der Waals surface area contributed by atoms with E-state index in [0.717, 1.165) is 16.3 Å². The first kappa shape index (κ1) is 20.2. The largest absolute Gasteiger partial charge is 0.497 e.